The van der Waals surface area contributed by atoms with Gasteiger partial charge in [-0.2, -0.15) is 0 Å². The third kappa shape index (κ3) is 15.6. The average Bonchev–Trinajstić information content (AvgIpc) is 1.65. The SMILES string of the molecule is Cc1sc2nc1C(=O)C[C@@H]([C@H](O)c1ccccc1)c1nc(cs1)C(=O)N[C@@H](Cc1ccc(O)cc1)C(=O)N1C[C@H](O)[C@H](C)[C@H]1c1nc(cs1)-c1nc(cs1)-c1nc(-c3nc(C(=O)NC4C[C@@H](CCC(=O)O)C[C@@H](CCC(=O)O)C4)cs3)ccc1-c1nc(cs1)C(=O)N[C@H]2CC(N)=O. The average molecular weight is 1430 g/mol. The summed E-state index contributed by atoms with van der Waals surface area (Å²) in [6.45, 7) is 3.37. The Kier molecular flexibility index (Phi) is 20.6. The van der Waals surface area contributed by atoms with Crippen LogP contribution in [0.1, 0.15) is 162 Å². The number of nitrogens with two attached hydrogens (primary N) is 1. The first-order valence-electron chi connectivity index (χ1n) is 31.0. The number of aromatic hydroxyl groups is 1. The fourth-order valence-electron chi connectivity index (χ4n) is 12.6. The first-order chi connectivity index (χ1) is 46.6. The highest BCUT2D eigenvalue weighted by Gasteiger charge is 2.46. The van der Waals surface area contributed by atoms with E-state index in [-0.39, 0.29) is 88.6 Å². The number of carboxylic acids is 2. The van der Waals surface area contributed by atoms with Crippen molar-refractivity contribution in [1.29, 1.82) is 0 Å². The van der Waals surface area contributed by atoms with Gasteiger partial charge in [0.15, 0.2) is 5.78 Å². The number of primary amides is 1. The van der Waals surface area contributed by atoms with Crippen LogP contribution in [-0.2, 0) is 25.6 Å². The molecule has 0 radical (unpaired) electrons. The zero-order valence-corrected chi connectivity index (χ0v) is 56.8. The van der Waals surface area contributed by atoms with Gasteiger partial charge in [0.1, 0.15) is 76.7 Å². The lowest BCUT2D eigenvalue weighted by Crippen LogP contribution is -2.50. The summed E-state index contributed by atoms with van der Waals surface area (Å²) < 4.78 is 0. The second-order valence-electron chi connectivity index (χ2n) is 24.3. The zero-order chi connectivity index (χ0) is 68.3. The fourth-order valence-corrected chi connectivity index (χ4v) is 18.0. The van der Waals surface area contributed by atoms with Crippen LogP contribution >= 0.6 is 68.0 Å². The minimum atomic E-state index is -1.32. The zero-order valence-electron chi connectivity index (χ0n) is 51.9. The number of hydrogen-bond acceptors (Lipinski definition) is 24. The number of carbonyl (C=O) groups excluding carboxylic acids is 6. The Bertz CT molecular complexity index is 4430. The number of aliphatic hydroxyl groups excluding tert-OH is 2. The molecule has 25 nitrogen and oxygen atoms in total. The molecule has 1 unspecified atom stereocenters. The van der Waals surface area contributed by atoms with E-state index in [1.54, 1.807) is 77.7 Å². The lowest BCUT2D eigenvalue weighted by molar-refractivity contribution is -0.138. The molecule has 2 aromatic carbocycles. The van der Waals surface area contributed by atoms with E-state index < -0.39 is 95.8 Å². The highest BCUT2D eigenvalue weighted by atomic mass is 32.1. The topological polar surface area (TPSA) is 393 Å². The van der Waals surface area contributed by atoms with Gasteiger partial charge in [-0.05, 0) is 86.3 Å². The molecule has 5 amide bonds. The van der Waals surface area contributed by atoms with Crippen LogP contribution in [0.25, 0.3) is 43.4 Å². The van der Waals surface area contributed by atoms with E-state index in [1.165, 1.54) is 61.8 Å². The molecule has 9 heterocycles. The molecule has 0 spiro atoms. The van der Waals surface area contributed by atoms with E-state index >= 15 is 4.79 Å². The van der Waals surface area contributed by atoms with E-state index in [2.05, 4.69) is 16.0 Å². The minimum Gasteiger partial charge on any atom is -0.508 e. The summed E-state index contributed by atoms with van der Waals surface area (Å²) >= 11 is 6.91. The van der Waals surface area contributed by atoms with Gasteiger partial charge < -0.3 is 52.1 Å². The van der Waals surface area contributed by atoms with Crippen LogP contribution < -0.4 is 21.7 Å². The highest BCUT2D eigenvalue weighted by molar-refractivity contribution is 7.15. The number of aliphatic carboxylic acids is 2. The molecule has 1 aliphatic carbocycles. The summed E-state index contributed by atoms with van der Waals surface area (Å²) in [5.74, 6) is -7.24. The largest absolute Gasteiger partial charge is 0.508 e. The Hall–Kier alpha value is -8.95. The molecular weight excluding hydrogens is 1360 g/mol. The number of aryl methyl sites for hydroxylation is 1. The van der Waals surface area contributed by atoms with Crippen molar-refractivity contribution in [2.24, 2.45) is 23.5 Å². The van der Waals surface area contributed by atoms with Crippen LogP contribution in [0.3, 0.4) is 0 Å². The molecule has 9 aromatic rings. The molecule has 502 valence electrons. The standard InChI is InChI=1S/C66H64N12O13S6/c1-30-49(81)24-78-55(30)65-76-47(29-96-65)63-72-43(25-94-63)54-38(14-15-40(69-54)62-75-44(28-95-62)57(88)68-36-19-33(10-16-51(83)84)18-34(20-36)11-17-52(85)86)60-73-45(26-92-60)58(89)70-41(23-50(67)82)64-77-53(31(2)97-64)48(80)22-39(56(87)35-6-4-3-5-7-35)61-74-46(27-93-61)59(90)71-42(66(78)91)21-32-8-12-37(79)13-9-32/h3-9,12-15,25-30,33-34,36,39,41-42,49,55-56,79,81,87H,10-11,16-24H2,1-2H3,(H2,67,82)(H,68,88)(H,70,89)(H,71,90)(H,83,84)(H,85,86)/t30-,33-,34+,36?,39-,41-,42-,49-,55-,56+/m0/s1. The van der Waals surface area contributed by atoms with Gasteiger partial charge in [0, 0.05) is 87.4 Å². The molecule has 97 heavy (non-hydrogen) atoms. The normalized spacial score (nSPS) is 21.9. The van der Waals surface area contributed by atoms with Crippen molar-refractivity contribution in [2.75, 3.05) is 6.54 Å². The third-order valence-electron chi connectivity index (χ3n) is 17.5. The number of fused-ring (bicyclic) bond motifs is 16. The van der Waals surface area contributed by atoms with Gasteiger partial charge in [-0.15, -0.1) is 68.0 Å². The van der Waals surface area contributed by atoms with E-state index in [1.807, 2.05) is 6.92 Å². The van der Waals surface area contributed by atoms with Gasteiger partial charge in [0.2, 0.25) is 11.8 Å². The fraction of sp³-hybridized carbons (Fsp3) is 0.348. The van der Waals surface area contributed by atoms with E-state index in [0.29, 0.717) is 96.5 Å². The van der Waals surface area contributed by atoms with E-state index in [0.717, 1.165) is 34.0 Å². The number of carbonyl (C=O) groups is 8. The summed E-state index contributed by atoms with van der Waals surface area (Å²) in [5, 5.41) is 71.8. The number of amides is 5. The van der Waals surface area contributed by atoms with E-state index in [9.17, 15) is 59.1 Å². The van der Waals surface area contributed by atoms with Crippen LogP contribution in [-0.4, -0.2) is 137 Å². The van der Waals surface area contributed by atoms with Crippen molar-refractivity contribution in [2.45, 2.75) is 120 Å². The molecule has 31 heteroatoms. The van der Waals surface area contributed by atoms with Crippen molar-refractivity contribution in [3.63, 3.8) is 0 Å². The number of phenolic OH excluding ortho intramolecular Hbond substituents is 1. The predicted molar refractivity (Wildman–Crippen MR) is 363 cm³/mol. The van der Waals surface area contributed by atoms with Crippen molar-refractivity contribution in [3.8, 4) is 49.1 Å². The maximum absolute atomic E-state index is 15.3. The number of phenols is 1. The number of nitrogens with one attached hydrogen (secondary N) is 3. The maximum atomic E-state index is 15.3. The van der Waals surface area contributed by atoms with Gasteiger partial charge in [0.25, 0.3) is 17.7 Å². The number of nitrogens with zero attached hydrogens (tertiary/aromatic N) is 8. The molecule has 2 aliphatic heterocycles. The number of ketones is 1. The number of hydrogen-bond donors (Lipinski definition) is 9. The number of aromatic nitrogens is 7. The molecule has 2 fully saturated rings. The van der Waals surface area contributed by atoms with Gasteiger partial charge >= 0.3 is 11.9 Å². The molecule has 1 saturated carbocycles. The molecule has 10 N–H and O–H groups in total. The van der Waals surface area contributed by atoms with Crippen LogP contribution in [0.4, 0.5) is 0 Å². The minimum absolute atomic E-state index is 0.00621. The van der Waals surface area contributed by atoms with Gasteiger partial charge in [-0.3, -0.25) is 38.4 Å². The molecule has 3 aliphatic rings. The van der Waals surface area contributed by atoms with Gasteiger partial charge in [-0.1, -0.05) is 49.4 Å². The smallest absolute Gasteiger partial charge is 0.303 e. The van der Waals surface area contributed by atoms with Crippen molar-refractivity contribution < 1.29 is 63.9 Å². The Morgan fingerprint density at radius 1 is 0.670 bits per heavy atom. The summed E-state index contributed by atoms with van der Waals surface area (Å²) in [5.41, 5.74) is 8.74. The Morgan fingerprint density at radius 2 is 1.29 bits per heavy atom. The lowest BCUT2D eigenvalue weighted by Gasteiger charge is -2.35. The highest BCUT2D eigenvalue weighted by Crippen LogP contribution is 2.44. The molecule has 10 bridgehead atoms. The van der Waals surface area contributed by atoms with Crippen LogP contribution in [0.5, 0.6) is 5.75 Å². The number of thiazole rings is 6. The number of carboxylic acid groups (broad SMARTS) is 2. The van der Waals surface area contributed by atoms with Crippen molar-refractivity contribution >= 4 is 115 Å². The second-order valence-corrected chi connectivity index (χ2v) is 29.9. The summed E-state index contributed by atoms with van der Waals surface area (Å²) in [4.78, 5) is 145. The Morgan fingerprint density at radius 3 is 2.00 bits per heavy atom. The molecule has 12 rings (SSSR count). The Labute approximate surface area is 578 Å². The predicted octanol–water partition coefficient (Wildman–Crippen LogP) is 9.42. The second kappa shape index (κ2) is 29.4. The summed E-state index contributed by atoms with van der Waals surface area (Å²) in [6.07, 6.45) is -0.710. The molecule has 10 atom stereocenters. The van der Waals surface area contributed by atoms with Crippen molar-refractivity contribution in [3.05, 3.63) is 147 Å². The lowest BCUT2D eigenvalue weighted by atomic mass is 9.75. The Balaban J connectivity index is 0.913. The molecular formula is C66H64N12O13S6. The van der Waals surface area contributed by atoms with Crippen LogP contribution in [0, 0.1) is 24.7 Å². The number of aliphatic hydroxyl groups is 2. The summed E-state index contributed by atoms with van der Waals surface area (Å²) in [7, 11) is 0. The maximum Gasteiger partial charge on any atom is 0.303 e. The number of rotatable bonds is 15. The molecule has 7 aromatic heterocycles. The van der Waals surface area contributed by atoms with Crippen molar-refractivity contribution in [1.82, 2.24) is 55.7 Å². The molecule has 1 saturated heterocycles. The van der Waals surface area contributed by atoms with E-state index in [4.69, 9.17) is 40.6 Å². The van der Waals surface area contributed by atoms with Crippen LogP contribution in [0.2, 0.25) is 0 Å². The number of Topliss-reactive ketones (excluding diaryl/α,β-unsaturated/α-hetero) is 1. The van der Waals surface area contributed by atoms with Gasteiger partial charge in [0.05, 0.1) is 41.4 Å². The van der Waals surface area contributed by atoms with Crippen LogP contribution in [0.15, 0.2) is 93.6 Å². The number of pyridine rings is 1. The first kappa shape index (κ1) is 68.0. The number of benzene rings is 2. The third-order valence-corrected chi connectivity index (χ3v) is 23.1. The quantitative estimate of drug-likeness (QED) is 0.0461. The summed E-state index contributed by atoms with van der Waals surface area (Å²) in [6, 6.07) is 14.8. The monoisotopic (exact) mass is 1420 g/mol. The van der Waals surface area contributed by atoms with Gasteiger partial charge in [-0.25, -0.2) is 34.9 Å². The first-order valence-corrected chi connectivity index (χ1v) is 36.2.